The summed E-state index contributed by atoms with van der Waals surface area (Å²) in [5.41, 5.74) is -3.27. The summed E-state index contributed by atoms with van der Waals surface area (Å²) < 4.78 is 89.1. The molecule has 192 valence electrons. The lowest BCUT2D eigenvalue weighted by molar-refractivity contribution is -0.189. The zero-order valence-electron chi connectivity index (χ0n) is 18.4. The molecule has 0 unspecified atom stereocenters. The number of ether oxygens (including phenoxy) is 1. The largest absolute Gasteiger partial charge is 0.480 e. The lowest BCUT2D eigenvalue weighted by atomic mass is 10.1. The second-order valence-electron chi connectivity index (χ2n) is 8.01. The number of aromatic nitrogens is 3. The van der Waals surface area contributed by atoms with Crippen molar-refractivity contribution in [1.82, 2.24) is 14.3 Å². The Morgan fingerprint density at radius 3 is 2.47 bits per heavy atom. The van der Waals surface area contributed by atoms with Gasteiger partial charge in [0, 0.05) is 12.6 Å². The third-order valence-corrected chi connectivity index (χ3v) is 5.54. The maximum Gasteiger partial charge on any atom is 0.425 e. The number of fused-ring (bicyclic) bond motifs is 1. The van der Waals surface area contributed by atoms with Gasteiger partial charge >= 0.3 is 11.9 Å². The summed E-state index contributed by atoms with van der Waals surface area (Å²) >= 11 is 0. The molecule has 8 nitrogen and oxygen atoms in total. The van der Waals surface area contributed by atoms with E-state index >= 15 is 4.39 Å². The summed E-state index contributed by atoms with van der Waals surface area (Å²) in [7, 11) is 0. The van der Waals surface area contributed by atoms with Crippen LogP contribution in [0, 0.1) is 17.5 Å². The van der Waals surface area contributed by atoms with E-state index in [9.17, 15) is 36.6 Å². The van der Waals surface area contributed by atoms with Gasteiger partial charge in [0.05, 0.1) is 5.56 Å². The molecule has 36 heavy (non-hydrogen) atoms. The number of aliphatic hydroxyl groups is 1. The van der Waals surface area contributed by atoms with Gasteiger partial charge in [-0.3, -0.25) is 9.36 Å². The Balaban J connectivity index is 1.82. The molecule has 1 amide bonds. The number of hydrogen-bond acceptors (Lipinski definition) is 5. The number of carbonyl (C=O) groups excluding carboxylic acids is 1. The van der Waals surface area contributed by atoms with Crippen LogP contribution in [-0.2, 0) is 6.54 Å². The predicted octanol–water partition coefficient (Wildman–Crippen LogP) is 3.86. The van der Waals surface area contributed by atoms with Crippen molar-refractivity contribution in [2.24, 2.45) is 0 Å². The van der Waals surface area contributed by atoms with E-state index in [-0.39, 0.29) is 12.4 Å². The molecule has 0 radical (unpaired) electrons. The summed E-state index contributed by atoms with van der Waals surface area (Å²) in [6.07, 6.45) is -7.76. The highest BCUT2D eigenvalue weighted by Crippen LogP contribution is 2.32. The van der Waals surface area contributed by atoms with Crippen molar-refractivity contribution < 1.29 is 41.0 Å². The number of nitrogens with zero attached hydrogens (tertiary/aromatic N) is 3. The van der Waals surface area contributed by atoms with Crippen molar-refractivity contribution in [3.8, 4) is 11.4 Å². The third kappa shape index (κ3) is 4.67. The number of carbonyl (C=O) groups is 1. The third-order valence-electron chi connectivity index (χ3n) is 5.54. The van der Waals surface area contributed by atoms with E-state index in [2.05, 4.69) is 5.10 Å². The van der Waals surface area contributed by atoms with E-state index in [0.717, 1.165) is 22.8 Å². The molecule has 0 saturated heterocycles. The molecular weight excluding hydrogens is 498 g/mol. The Morgan fingerprint density at radius 2 is 1.86 bits per heavy atom. The van der Waals surface area contributed by atoms with Gasteiger partial charge in [-0.15, -0.1) is 5.10 Å². The molecule has 1 aromatic heterocycles. The molecule has 2 heterocycles. The molecule has 1 aliphatic heterocycles. The minimum atomic E-state index is -4.89. The summed E-state index contributed by atoms with van der Waals surface area (Å²) in [6, 6.07) is 3.78. The number of alkyl halides is 3. The van der Waals surface area contributed by atoms with Crippen molar-refractivity contribution in [3.05, 3.63) is 69.7 Å². The van der Waals surface area contributed by atoms with Crippen LogP contribution >= 0.6 is 0 Å². The summed E-state index contributed by atoms with van der Waals surface area (Å²) in [5, 5.41) is 15.8. The van der Waals surface area contributed by atoms with Crippen LogP contribution in [-0.4, -0.2) is 37.6 Å². The van der Waals surface area contributed by atoms with Gasteiger partial charge in [0.15, 0.2) is 11.9 Å². The van der Waals surface area contributed by atoms with E-state index in [1.165, 1.54) is 0 Å². The second kappa shape index (κ2) is 9.33. The molecule has 3 aromatic rings. The highest BCUT2D eigenvalue weighted by molar-refractivity contribution is 6.06. The molecule has 0 fully saturated rings. The molecule has 14 heteroatoms. The average Bonchev–Trinajstić information content (AvgIpc) is 3.14. The van der Waals surface area contributed by atoms with Crippen molar-refractivity contribution in [2.45, 2.75) is 44.7 Å². The fourth-order valence-corrected chi connectivity index (χ4v) is 3.63. The molecule has 2 aromatic carbocycles. The zero-order valence-corrected chi connectivity index (χ0v) is 18.4. The van der Waals surface area contributed by atoms with Crippen LogP contribution in [0.15, 0.2) is 35.1 Å². The van der Waals surface area contributed by atoms with Crippen molar-refractivity contribution in [2.75, 3.05) is 5.32 Å². The van der Waals surface area contributed by atoms with E-state index < -0.39 is 70.1 Å². The Labute approximate surface area is 198 Å². The normalized spacial score (nSPS) is 16.4. The zero-order chi connectivity index (χ0) is 26.4. The van der Waals surface area contributed by atoms with Gasteiger partial charge in [-0.05, 0) is 38.0 Å². The van der Waals surface area contributed by atoms with E-state index in [1.807, 2.05) is 5.32 Å². The van der Waals surface area contributed by atoms with E-state index in [0.29, 0.717) is 36.6 Å². The Kier molecular flexibility index (Phi) is 6.56. The first-order valence-corrected chi connectivity index (χ1v) is 10.6. The first-order valence-electron chi connectivity index (χ1n) is 10.6. The first-order chi connectivity index (χ1) is 16.9. The topological polar surface area (TPSA) is 98.4 Å². The van der Waals surface area contributed by atoms with Gasteiger partial charge in [-0.2, -0.15) is 17.9 Å². The Morgan fingerprint density at radius 1 is 1.19 bits per heavy atom. The van der Waals surface area contributed by atoms with Crippen molar-refractivity contribution in [3.63, 3.8) is 0 Å². The second-order valence-corrected chi connectivity index (χ2v) is 8.01. The van der Waals surface area contributed by atoms with Crippen LogP contribution < -0.4 is 15.7 Å². The van der Waals surface area contributed by atoms with Gasteiger partial charge in [-0.25, -0.2) is 18.0 Å². The first kappa shape index (κ1) is 25.3. The maximum atomic E-state index is 15.1. The van der Waals surface area contributed by atoms with Crippen LogP contribution in [0.4, 0.5) is 32.0 Å². The fourth-order valence-electron chi connectivity index (χ4n) is 3.63. The molecule has 0 saturated carbocycles. The quantitative estimate of drug-likeness (QED) is 0.502. The van der Waals surface area contributed by atoms with E-state index in [1.54, 1.807) is 0 Å². The molecule has 0 aliphatic carbocycles. The Hall–Kier alpha value is -3.81. The van der Waals surface area contributed by atoms with Crippen LogP contribution in [0.1, 0.15) is 42.1 Å². The molecule has 4 rings (SSSR count). The predicted molar refractivity (Wildman–Crippen MR) is 112 cm³/mol. The summed E-state index contributed by atoms with van der Waals surface area (Å²) in [5.74, 6) is -5.90. The highest BCUT2D eigenvalue weighted by atomic mass is 19.4. The van der Waals surface area contributed by atoms with Crippen LogP contribution in [0.5, 0.6) is 5.75 Å². The van der Waals surface area contributed by atoms with Gasteiger partial charge < -0.3 is 15.2 Å². The lowest BCUT2D eigenvalue weighted by Gasteiger charge is -2.20. The van der Waals surface area contributed by atoms with Gasteiger partial charge in [0.1, 0.15) is 40.7 Å². The molecular formula is C22H18F6N4O4. The molecule has 0 bridgehead atoms. The lowest BCUT2D eigenvalue weighted by Crippen LogP contribution is -2.32. The molecule has 0 spiro atoms. The number of rotatable bonds is 5. The number of amides is 1. The van der Waals surface area contributed by atoms with Crippen LogP contribution in [0.3, 0.4) is 0 Å². The number of halogens is 6. The highest BCUT2D eigenvalue weighted by Gasteiger charge is 2.39. The minimum Gasteiger partial charge on any atom is -0.480 e. The number of para-hydroxylation sites is 1. The average molecular weight is 516 g/mol. The minimum absolute atomic E-state index is 0.0615. The number of anilines is 1. The van der Waals surface area contributed by atoms with Gasteiger partial charge in [0.2, 0.25) is 0 Å². The van der Waals surface area contributed by atoms with Crippen molar-refractivity contribution >= 4 is 11.6 Å². The van der Waals surface area contributed by atoms with Crippen molar-refractivity contribution in [1.29, 1.82) is 0 Å². The smallest absolute Gasteiger partial charge is 0.425 e. The van der Waals surface area contributed by atoms with E-state index in [4.69, 9.17) is 4.74 Å². The monoisotopic (exact) mass is 516 g/mol. The maximum absolute atomic E-state index is 15.1. The summed E-state index contributed by atoms with van der Waals surface area (Å²) in [4.78, 5) is 25.5. The molecule has 2 atom stereocenters. The number of nitrogens with one attached hydrogen (secondary N) is 1. The van der Waals surface area contributed by atoms with Crippen LogP contribution in [0.25, 0.3) is 5.69 Å². The number of benzene rings is 2. The summed E-state index contributed by atoms with van der Waals surface area (Å²) in [6.45, 7) is 0.801. The van der Waals surface area contributed by atoms with Gasteiger partial charge in [-0.1, -0.05) is 6.07 Å². The van der Waals surface area contributed by atoms with Crippen LogP contribution in [0.2, 0.25) is 0 Å². The standard InChI is InChI=1S/C22H18F6N4O4/c1-10(22(26,27)28)36-17-9-15(32-21(35)31-7-3-6-16(33)19(31)30-32)14(25)8-11(17)20(34)29-18-12(23)4-2-5-13(18)24/h2,4-5,8-10,16,33H,3,6-7H2,1H3,(H,29,34)/t10-,16-/m0/s1. The SMILES string of the molecule is C[C@H](Oc1cc(-n2nc3n(c2=O)CCC[C@@H]3O)c(F)cc1C(=O)Nc1c(F)cccc1F)C(F)(F)F. The molecule has 1 aliphatic rings. The number of hydrogen-bond donors (Lipinski definition) is 2. The Bertz CT molecular complexity index is 1360. The molecule has 2 N–H and O–H groups in total. The fraction of sp³-hybridized carbons (Fsp3) is 0.318. The van der Waals surface area contributed by atoms with Gasteiger partial charge in [0.25, 0.3) is 5.91 Å². The number of aliphatic hydroxyl groups excluding tert-OH is 1.